The molecule has 0 unspecified atom stereocenters. The Kier molecular flexibility index (Phi) is 7.38. The van der Waals surface area contributed by atoms with Crippen molar-refractivity contribution in [2.24, 2.45) is 17.8 Å². The van der Waals surface area contributed by atoms with Crippen molar-refractivity contribution >= 4 is 33.6 Å². The molecular formula is C33H38N10O2S. The number of amides is 1. The van der Waals surface area contributed by atoms with E-state index in [0.717, 1.165) is 90.2 Å². The number of rotatable bonds is 7. The van der Waals surface area contributed by atoms with Crippen molar-refractivity contribution in [3.63, 3.8) is 0 Å². The monoisotopic (exact) mass is 638 g/mol. The van der Waals surface area contributed by atoms with Crippen LogP contribution in [0.25, 0.3) is 27.5 Å². The number of nitrogens with one attached hydrogen (secondary N) is 2. The zero-order valence-electron chi connectivity index (χ0n) is 26.1. The van der Waals surface area contributed by atoms with Gasteiger partial charge in [-0.2, -0.15) is 10.4 Å². The molecule has 8 rings (SSSR count). The molecule has 0 spiro atoms. The molecule has 3 saturated heterocycles. The number of ether oxygens (including phenoxy) is 1. The number of fused-ring (bicyclic) bond motifs is 3. The van der Waals surface area contributed by atoms with Crippen LogP contribution >= 0.6 is 11.3 Å². The summed E-state index contributed by atoms with van der Waals surface area (Å²) >= 11 is 1.59. The number of nitrogens with zero attached hydrogens (tertiary/aromatic N) is 8. The van der Waals surface area contributed by atoms with E-state index in [1.165, 1.54) is 0 Å². The molecule has 0 aromatic carbocycles. The van der Waals surface area contributed by atoms with Gasteiger partial charge in [0.25, 0.3) is 0 Å². The van der Waals surface area contributed by atoms with Crippen LogP contribution < -0.4 is 15.5 Å². The van der Waals surface area contributed by atoms with Crippen molar-refractivity contribution in [1.82, 2.24) is 35.0 Å². The van der Waals surface area contributed by atoms with Crippen LogP contribution in [0.4, 0.5) is 10.8 Å². The van der Waals surface area contributed by atoms with Crippen LogP contribution in [0.5, 0.6) is 0 Å². The molecule has 12 nitrogen and oxygen atoms in total. The summed E-state index contributed by atoms with van der Waals surface area (Å²) in [6, 6.07) is 10.2. The van der Waals surface area contributed by atoms with Gasteiger partial charge in [-0.3, -0.25) is 9.78 Å². The molecule has 2 bridgehead atoms. The Morgan fingerprint density at radius 1 is 1.09 bits per heavy atom. The number of piperidine rings is 2. The molecule has 238 valence electrons. The maximum absolute atomic E-state index is 13.2. The van der Waals surface area contributed by atoms with Gasteiger partial charge in [-0.25, -0.2) is 4.52 Å². The highest BCUT2D eigenvalue weighted by Crippen LogP contribution is 2.42. The number of carbonyl (C=O) groups is 1. The van der Waals surface area contributed by atoms with Gasteiger partial charge in [0.1, 0.15) is 6.07 Å². The number of hydrogen-bond acceptors (Lipinski definition) is 11. The number of pyridine rings is 1. The number of anilines is 2. The molecule has 4 aromatic heterocycles. The lowest BCUT2D eigenvalue weighted by molar-refractivity contribution is -0.127. The molecule has 13 heteroatoms. The number of aromatic nitrogens is 5. The maximum atomic E-state index is 13.2. The zero-order valence-corrected chi connectivity index (χ0v) is 27.0. The molecule has 1 aliphatic carbocycles. The predicted molar refractivity (Wildman–Crippen MR) is 175 cm³/mol. The normalized spacial score (nSPS) is 24.5. The molecule has 7 heterocycles. The number of carbonyl (C=O) groups excluding carboxylic acids is 1. The Morgan fingerprint density at radius 3 is 2.59 bits per heavy atom. The van der Waals surface area contributed by atoms with Gasteiger partial charge in [-0.15, -0.1) is 10.2 Å². The Hall–Kier alpha value is -4.12. The van der Waals surface area contributed by atoms with Crippen molar-refractivity contribution in [3.8, 4) is 28.0 Å². The molecule has 3 aliphatic heterocycles. The number of likely N-dealkylation sites (tertiary alicyclic amines) is 1. The molecule has 3 atom stereocenters. The van der Waals surface area contributed by atoms with Crippen molar-refractivity contribution in [3.05, 3.63) is 42.2 Å². The minimum Gasteiger partial charge on any atom is -0.376 e. The second-order valence-corrected chi connectivity index (χ2v) is 14.7. The lowest BCUT2D eigenvalue weighted by Crippen LogP contribution is -2.54. The van der Waals surface area contributed by atoms with Gasteiger partial charge in [0.2, 0.25) is 11.0 Å². The van der Waals surface area contributed by atoms with E-state index >= 15 is 0 Å². The Labute approximate surface area is 271 Å². The summed E-state index contributed by atoms with van der Waals surface area (Å²) in [6.45, 7) is 7.13. The van der Waals surface area contributed by atoms with Crippen LogP contribution in [0.15, 0.2) is 36.7 Å². The zero-order chi connectivity index (χ0) is 31.4. The number of hydrogen-bond donors (Lipinski definition) is 2. The summed E-state index contributed by atoms with van der Waals surface area (Å²) in [6.07, 6.45) is 7.59. The third-order valence-corrected chi connectivity index (χ3v) is 11.2. The highest BCUT2D eigenvalue weighted by atomic mass is 32.1. The predicted octanol–water partition coefficient (Wildman–Crippen LogP) is 3.66. The third-order valence-electron chi connectivity index (χ3n) is 10.2. The average molecular weight is 639 g/mol. The van der Waals surface area contributed by atoms with Gasteiger partial charge in [0.05, 0.1) is 53.0 Å². The van der Waals surface area contributed by atoms with Gasteiger partial charge in [0.15, 0.2) is 5.01 Å². The van der Waals surface area contributed by atoms with Crippen molar-refractivity contribution in [2.75, 3.05) is 56.7 Å². The summed E-state index contributed by atoms with van der Waals surface area (Å²) < 4.78 is 7.34. The fourth-order valence-corrected chi connectivity index (χ4v) is 8.44. The Balaban J connectivity index is 1.02. The fraction of sp³-hybridized carbons (Fsp3) is 0.515. The first-order valence-corrected chi connectivity index (χ1v) is 17.0. The van der Waals surface area contributed by atoms with Crippen LogP contribution in [0, 0.1) is 29.1 Å². The highest BCUT2D eigenvalue weighted by molar-refractivity contribution is 7.18. The van der Waals surface area contributed by atoms with Crippen LogP contribution in [0.2, 0.25) is 0 Å². The average Bonchev–Trinajstić information content (AvgIpc) is 3.76. The van der Waals surface area contributed by atoms with E-state index in [1.54, 1.807) is 22.0 Å². The summed E-state index contributed by atoms with van der Waals surface area (Å²) in [7, 11) is 2.13. The molecule has 1 amide bonds. The first-order valence-electron chi connectivity index (χ1n) is 16.2. The van der Waals surface area contributed by atoms with E-state index in [1.807, 2.05) is 30.5 Å². The minimum absolute atomic E-state index is 0.139. The van der Waals surface area contributed by atoms with Gasteiger partial charge in [-0.05, 0) is 88.8 Å². The third kappa shape index (κ3) is 5.38. The van der Waals surface area contributed by atoms with E-state index < -0.39 is 0 Å². The van der Waals surface area contributed by atoms with Gasteiger partial charge in [0, 0.05) is 36.9 Å². The molecule has 0 radical (unpaired) electrons. The minimum atomic E-state index is -0.193. The van der Waals surface area contributed by atoms with Crippen LogP contribution in [0.1, 0.15) is 38.2 Å². The summed E-state index contributed by atoms with van der Waals surface area (Å²) in [5, 5.41) is 32.0. The van der Waals surface area contributed by atoms with E-state index in [0.29, 0.717) is 30.6 Å². The first kappa shape index (κ1) is 29.3. The van der Waals surface area contributed by atoms with Crippen molar-refractivity contribution in [1.29, 1.82) is 5.26 Å². The summed E-state index contributed by atoms with van der Waals surface area (Å²) in [5.41, 5.74) is 4.56. The van der Waals surface area contributed by atoms with E-state index in [-0.39, 0.29) is 23.4 Å². The van der Waals surface area contributed by atoms with Crippen LogP contribution in [-0.2, 0) is 9.53 Å². The first-order chi connectivity index (χ1) is 22.4. The maximum Gasteiger partial charge on any atom is 0.223 e. The molecule has 2 N–H and O–H groups in total. The lowest BCUT2D eigenvalue weighted by Gasteiger charge is -2.40. The highest BCUT2D eigenvalue weighted by Gasteiger charge is 2.44. The molecular weight excluding hydrogens is 600 g/mol. The molecule has 4 fully saturated rings. The SMILES string of the molecule is CN1CCC(C(=O)N[C@@H]2[C@@H]3CC[C@H]2CN(c2nnc(-c4cnc(-c5ccc6cc(C#N)cnn56)cc4NC4(C)COC4)s2)C3)CC1. The van der Waals surface area contributed by atoms with Gasteiger partial charge < -0.3 is 25.2 Å². The second kappa shape index (κ2) is 11.6. The van der Waals surface area contributed by atoms with Crippen LogP contribution in [0.3, 0.4) is 0 Å². The van der Waals surface area contributed by atoms with Crippen LogP contribution in [-0.4, -0.2) is 93.6 Å². The van der Waals surface area contributed by atoms with E-state index in [9.17, 15) is 10.1 Å². The van der Waals surface area contributed by atoms with Crippen molar-refractivity contribution < 1.29 is 9.53 Å². The van der Waals surface area contributed by atoms with E-state index in [2.05, 4.69) is 55.8 Å². The van der Waals surface area contributed by atoms with Gasteiger partial charge >= 0.3 is 0 Å². The summed E-state index contributed by atoms with van der Waals surface area (Å²) in [5.74, 6) is 1.24. The smallest absolute Gasteiger partial charge is 0.223 e. The topological polar surface area (TPSA) is 137 Å². The van der Waals surface area contributed by atoms with E-state index in [4.69, 9.17) is 9.72 Å². The largest absolute Gasteiger partial charge is 0.376 e. The summed E-state index contributed by atoms with van der Waals surface area (Å²) in [4.78, 5) is 22.7. The standard InChI is InChI=1S/C33H38N10O2S/c1-33(18-45-19-33)38-26-12-27(28-6-5-24-11-20(13-34)14-36-43(24)28)35-15-25(26)31-39-40-32(46-31)42-16-22-3-4-23(17-42)29(22)37-30(44)21-7-9-41(2)10-8-21/h5-6,11-12,14-15,21-23,29H,3-4,7-10,16-19H2,1-2H3,(H,35,38)(H,37,44)/t22-,23+,29-. The van der Waals surface area contributed by atoms with Gasteiger partial charge in [-0.1, -0.05) is 11.3 Å². The Morgan fingerprint density at radius 2 is 1.87 bits per heavy atom. The molecule has 4 aromatic rings. The Bertz CT molecular complexity index is 1800. The fourth-order valence-electron chi connectivity index (χ4n) is 7.55. The van der Waals surface area contributed by atoms with Crippen molar-refractivity contribution in [2.45, 2.75) is 44.2 Å². The lowest BCUT2D eigenvalue weighted by atomic mass is 9.90. The number of nitriles is 1. The molecule has 4 aliphatic rings. The molecule has 46 heavy (non-hydrogen) atoms. The quantitative estimate of drug-likeness (QED) is 0.309. The second-order valence-electron chi connectivity index (χ2n) is 13.7. The molecule has 1 saturated carbocycles.